The zero-order valence-corrected chi connectivity index (χ0v) is 16.6. The van der Waals surface area contributed by atoms with E-state index in [0.717, 1.165) is 21.9 Å². The van der Waals surface area contributed by atoms with Crippen LogP contribution >= 0.6 is 0 Å². The van der Waals surface area contributed by atoms with Crippen molar-refractivity contribution in [2.75, 3.05) is 0 Å². The number of hydrogen-bond acceptors (Lipinski definition) is 4. The van der Waals surface area contributed by atoms with E-state index >= 15 is 0 Å². The van der Waals surface area contributed by atoms with Gasteiger partial charge in [0.1, 0.15) is 6.61 Å². The largest absolute Gasteiger partial charge is 0.497 e. The number of carbonyl (C=O) groups excluding carboxylic acids is 1. The first kappa shape index (κ1) is 18.8. The molecule has 4 rings (SSSR count). The van der Waals surface area contributed by atoms with E-state index in [4.69, 9.17) is 14.0 Å². The second-order valence-corrected chi connectivity index (χ2v) is 8.10. The van der Waals surface area contributed by atoms with Crippen LogP contribution < -0.4 is 5.46 Å². The predicted octanol–water partition coefficient (Wildman–Crippen LogP) is 4.13. The van der Waals surface area contributed by atoms with Gasteiger partial charge in [-0.15, -0.1) is 0 Å². The van der Waals surface area contributed by atoms with Crippen molar-refractivity contribution in [3.63, 3.8) is 0 Å². The van der Waals surface area contributed by atoms with Gasteiger partial charge in [-0.3, -0.25) is 4.57 Å². The Kier molecular flexibility index (Phi) is 4.56. The summed E-state index contributed by atoms with van der Waals surface area (Å²) in [5.41, 5.74) is 1.60. The molecule has 6 heteroatoms. The van der Waals surface area contributed by atoms with Gasteiger partial charge in [0.2, 0.25) is 0 Å². The summed E-state index contributed by atoms with van der Waals surface area (Å²) in [5.74, 6) is 0. The maximum Gasteiger partial charge on any atom is 0.497 e. The molecule has 0 N–H and O–H groups in total. The van der Waals surface area contributed by atoms with Crippen LogP contribution in [-0.2, 0) is 20.7 Å². The molecule has 28 heavy (non-hydrogen) atoms. The molecule has 0 atom stereocenters. The van der Waals surface area contributed by atoms with Gasteiger partial charge in [-0.25, -0.2) is 4.79 Å². The Morgan fingerprint density at radius 3 is 2.32 bits per heavy atom. The zero-order chi connectivity index (χ0) is 19.9. The minimum atomic E-state index is -0.552. The Labute approximate surface area is 165 Å². The topological polar surface area (TPSA) is 49.7 Å². The number of para-hydroxylation sites is 1. The number of benzene rings is 2. The van der Waals surface area contributed by atoms with Crippen LogP contribution in [0.4, 0.5) is 4.79 Å². The summed E-state index contributed by atoms with van der Waals surface area (Å²) in [6, 6.07) is 17.4. The van der Waals surface area contributed by atoms with E-state index in [1.54, 1.807) is 6.20 Å². The van der Waals surface area contributed by atoms with Gasteiger partial charge < -0.3 is 14.0 Å². The lowest BCUT2D eigenvalue weighted by Crippen LogP contribution is -2.41. The number of hydrogen-bond donors (Lipinski definition) is 0. The van der Waals surface area contributed by atoms with Crippen LogP contribution in [0.5, 0.6) is 0 Å². The maximum atomic E-state index is 12.8. The van der Waals surface area contributed by atoms with Gasteiger partial charge in [0.05, 0.1) is 16.7 Å². The van der Waals surface area contributed by atoms with E-state index in [2.05, 4.69) is 0 Å². The first-order chi connectivity index (χ1) is 13.3. The van der Waals surface area contributed by atoms with E-state index < -0.39 is 24.4 Å². The number of carbonyl (C=O) groups is 1. The highest BCUT2D eigenvalue weighted by atomic mass is 16.7. The number of rotatable bonds is 3. The standard InChI is InChI=1S/C22H24BNO4/c1-21(2)22(3,4)28-23(27-21)18-12-8-11-17-13-14-24(19(17)18)20(25)26-15-16-9-6-5-7-10-16/h5-14H,15H2,1-4H3. The van der Waals surface area contributed by atoms with Crippen molar-refractivity contribution >= 4 is 29.6 Å². The average molecular weight is 377 g/mol. The second-order valence-electron chi connectivity index (χ2n) is 8.10. The lowest BCUT2D eigenvalue weighted by molar-refractivity contribution is 0.00578. The molecule has 0 radical (unpaired) electrons. The minimum Gasteiger partial charge on any atom is -0.444 e. The van der Waals surface area contributed by atoms with Crippen LogP contribution in [0.25, 0.3) is 10.9 Å². The summed E-state index contributed by atoms with van der Waals surface area (Å²) in [5, 5.41) is 0.934. The SMILES string of the molecule is CC1(C)OB(c2cccc3ccn(C(=O)OCc4ccccc4)c23)OC1(C)C. The van der Waals surface area contributed by atoms with Gasteiger partial charge in [0.25, 0.3) is 0 Å². The lowest BCUT2D eigenvalue weighted by Gasteiger charge is -2.32. The Morgan fingerprint density at radius 1 is 0.964 bits per heavy atom. The molecule has 144 valence electrons. The highest BCUT2D eigenvalue weighted by Gasteiger charge is 2.52. The van der Waals surface area contributed by atoms with Gasteiger partial charge >= 0.3 is 13.2 Å². The molecule has 5 nitrogen and oxygen atoms in total. The van der Waals surface area contributed by atoms with E-state index in [0.29, 0.717) is 0 Å². The molecular formula is C22H24BNO4. The Hall–Kier alpha value is -2.57. The van der Waals surface area contributed by atoms with Crippen molar-refractivity contribution in [1.82, 2.24) is 4.57 Å². The van der Waals surface area contributed by atoms with Crippen molar-refractivity contribution in [2.24, 2.45) is 0 Å². The minimum absolute atomic E-state index is 0.220. The molecule has 1 fully saturated rings. The molecular weight excluding hydrogens is 353 g/mol. The van der Waals surface area contributed by atoms with Crippen LogP contribution in [0, 0.1) is 0 Å². The van der Waals surface area contributed by atoms with Gasteiger partial charge in [-0.2, -0.15) is 0 Å². The summed E-state index contributed by atoms with van der Waals surface area (Å²) >= 11 is 0. The van der Waals surface area contributed by atoms with Crippen LogP contribution in [-0.4, -0.2) is 29.0 Å². The lowest BCUT2D eigenvalue weighted by atomic mass is 9.78. The third-order valence-electron chi connectivity index (χ3n) is 5.65. The summed E-state index contributed by atoms with van der Waals surface area (Å²) in [6.07, 6.45) is 1.30. The molecule has 0 aliphatic carbocycles. The number of aromatic nitrogens is 1. The summed E-state index contributed by atoms with van der Waals surface area (Å²) < 4.78 is 19.5. The van der Waals surface area contributed by atoms with E-state index in [1.165, 1.54) is 4.57 Å². The van der Waals surface area contributed by atoms with Crippen molar-refractivity contribution in [3.8, 4) is 0 Å². The molecule has 1 saturated heterocycles. The molecule has 2 heterocycles. The summed E-state index contributed by atoms with van der Waals surface area (Å²) in [7, 11) is -0.552. The van der Waals surface area contributed by atoms with Gasteiger partial charge in [0, 0.05) is 11.7 Å². The van der Waals surface area contributed by atoms with Crippen LogP contribution in [0.1, 0.15) is 33.3 Å². The molecule has 0 amide bonds. The Bertz CT molecular complexity index is 994. The van der Waals surface area contributed by atoms with Crippen molar-refractivity contribution < 1.29 is 18.8 Å². The fourth-order valence-corrected chi connectivity index (χ4v) is 3.32. The molecule has 3 aromatic rings. The molecule has 1 aliphatic rings. The van der Waals surface area contributed by atoms with E-state index in [9.17, 15) is 4.79 Å². The fraction of sp³-hybridized carbons (Fsp3) is 0.318. The third kappa shape index (κ3) is 3.23. The average Bonchev–Trinajstić information content (AvgIpc) is 3.18. The van der Waals surface area contributed by atoms with Gasteiger partial charge in [-0.1, -0.05) is 48.5 Å². The molecule has 0 unspecified atom stereocenters. The normalized spacial score (nSPS) is 17.8. The summed E-state index contributed by atoms with van der Waals surface area (Å²) in [4.78, 5) is 12.8. The molecule has 1 aliphatic heterocycles. The Balaban J connectivity index is 1.65. The smallest absolute Gasteiger partial charge is 0.444 e. The molecule has 0 saturated carbocycles. The molecule has 0 bridgehead atoms. The van der Waals surface area contributed by atoms with Gasteiger partial charge in [0.15, 0.2) is 0 Å². The molecule has 0 spiro atoms. The van der Waals surface area contributed by atoms with Crippen LogP contribution in [0.2, 0.25) is 0 Å². The third-order valence-corrected chi connectivity index (χ3v) is 5.65. The van der Waals surface area contributed by atoms with Crippen molar-refractivity contribution in [3.05, 3.63) is 66.4 Å². The van der Waals surface area contributed by atoms with E-state index in [-0.39, 0.29) is 6.61 Å². The van der Waals surface area contributed by atoms with Crippen LogP contribution in [0.15, 0.2) is 60.8 Å². The first-order valence-corrected chi connectivity index (χ1v) is 9.45. The van der Waals surface area contributed by atoms with Crippen LogP contribution in [0.3, 0.4) is 0 Å². The number of nitrogens with zero attached hydrogens (tertiary/aromatic N) is 1. The number of ether oxygens (including phenoxy) is 1. The Morgan fingerprint density at radius 2 is 1.64 bits per heavy atom. The quantitative estimate of drug-likeness (QED) is 0.645. The monoisotopic (exact) mass is 377 g/mol. The number of fused-ring (bicyclic) bond motifs is 1. The maximum absolute atomic E-state index is 12.8. The first-order valence-electron chi connectivity index (χ1n) is 9.45. The van der Waals surface area contributed by atoms with E-state index in [1.807, 2.05) is 82.3 Å². The predicted molar refractivity (Wildman–Crippen MR) is 110 cm³/mol. The zero-order valence-electron chi connectivity index (χ0n) is 16.6. The molecule has 1 aromatic heterocycles. The second kappa shape index (κ2) is 6.80. The molecule has 2 aromatic carbocycles. The van der Waals surface area contributed by atoms with Crippen molar-refractivity contribution in [2.45, 2.75) is 45.5 Å². The van der Waals surface area contributed by atoms with Crippen molar-refractivity contribution in [1.29, 1.82) is 0 Å². The summed E-state index contributed by atoms with van der Waals surface area (Å²) in [6.45, 7) is 8.28. The van der Waals surface area contributed by atoms with Gasteiger partial charge in [-0.05, 0) is 44.7 Å². The fourth-order valence-electron chi connectivity index (χ4n) is 3.32. The highest BCUT2D eigenvalue weighted by Crippen LogP contribution is 2.37. The highest BCUT2D eigenvalue weighted by molar-refractivity contribution is 6.65.